The zero-order valence-electron chi connectivity index (χ0n) is 9.13. The van der Waals surface area contributed by atoms with Crippen LogP contribution in [0.3, 0.4) is 0 Å². The molecule has 0 saturated heterocycles. The number of carbonyl (C=O) groups excluding carboxylic acids is 2. The van der Waals surface area contributed by atoms with Crippen LogP contribution in [0.25, 0.3) is 0 Å². The lowest BCUT2D eigenvalue weighted by Gasteiger charge is -2.06. The van der Waals surface area contributed by atoms with E-state index in [2.05, 4.69) is 10.1 Å². The van der Waals surface area contributed by atoms with Gasteiger partial charge in [0.15, 0.2) is 0 Å². The first kappa shape index (κ1) is 13.4. The van der Waals surface area contributed by atoms with E-state index in [0.717, 1.165) is 6.07 Å². The van der Waals surface area contributed by atoms with Crippen molar-refractivity contribution in [3.05, 3.63) is 29.0 Å². The summed E-state index contributed by atoms with van der Waals surface area (Å²) >= 11 is 5.55. The van der Waals surface area contributed by atoms with Crippen molar-refractivity contribution in [3.63, 3.8) is 0 Å². The Morgan fingerprint density at radius 2 is 2.18 bits per heavy atom. The second-order valence-electron chi connectivity index (χ2n) is 3.15. The number of benzene rings is 1. The monoisotopic (exact) mass is 259 g/mol. The minimum atomic E-state index is -0.658. The van der Waals surface area contributed by atoms with E-state index in [1.165, 1.54) is 12.1 Å². The summed E-state index contributed by atoms with van der Waals surface area (Å²) in [4.78, 5) is 22.3. The van der Waals surface area contributed by atoms with Crippen LogP contribution in [0.1, 0.15) is 13.3 Å². The Balaban J connectivity index is 2.59. The van der Waals surface area contributed by atoms with E-state index in [9.17, 15) is 14.0 Å². The number of amides is 1. The van der Waals surface area contributed by atoms with Gasteiger partial charge in [0.2, 0.25) is 5.91 Å². The highest BCUT2D eigenvalue weighted by Gasteiger charge is 2.12. The molecular weight excluding hydrogens is 249 g/mol. The van der Waals surface area contributed by atoms with E-state index in [4.69, 9.17) is 11.6 Å². The summed E-state index contributed by atoms with van der Waals surface area (Å²) in [6.45, 7) is 1.83. The summed E-state index contributed by atoms with van der Waals surface area (Å²) in [5, 5.41) is 2.48. The molecule has 0 aliphatic rings. The topological polar surface area (TPSA) is 55.4 Å². The molecule has 0 aliphatic heterocycles. The SMILES string of the molecule is CCOC(=O)CC(=O)Nc1ccc(Cl)cc1F. The maximum atomic E-state index is 13.3. The van der Waals surface area contributed by atoms with Crippen molar-refractivity contribution in [1.82, 2.24) is 0 Å². The van der Waals surface area contributed by atoms with Gasteiger partial charge < -0.3 is 10.1 Å². The van der Waals surface area contributed by atoms with E-state index in [1.54, 1.807) is 6.92 Å². The van der Waals surface area contributed by atoms with E-state index < -0.39 is 24.1 Å². The average Bonchev–Trinajstić information content (AvgIpc) is 2.22. The lowest BCUT2D eigenvalue weighted by atomic mass is 10.3. The largest absolute Gasteiger partial charge is 0.466 e. The van der Waals surface area contributed by atoms with Gasteiger partial charge in [0.05, 0.1) is 12.3 Å². The summed E-state index contributed by atoms with van der Waals surface area (Å²) in [6.07, 6.45) is -0.449. The quantitative estimate of drug-likeness (QED) is 0.667. The highest BCUT2D eigenvalue weighted by Crippen LogP contribution is 2.18. The Hall–Kier alpha value is -1.62. The molecule has 0 bridgehead atoms. The van der Waals surface area contributed by atoms with Crippen LogP contribution in [0.15, 0.2) is 18.2 Å². The van der Waals surface area contributed by atoms with Crippen molar-refractivity contribution in [3.8, 4) is 0 Å². The van der Waals surface area contributed by atoms with Crippen molar-refractivity contribution in [1.29, 1.82) is 0 Å². The van der Waals surface area contributed by atoms with Gasteiger partial charge in [-0.3, -0.25) is 9.59 Å². The molecule has 4 nitrogen and oxygen atoms in total. The highest BCUT2D eigenvalue weighted by atomic mass is 35.5. The molecule has 0 aliphatic carbocycles. The van der Waals surface area contributed by atoms with Crippen molar-refractivity contribution in [2.75, 3.05) is 11.9 Å². The predicted octanol–water partition coefficient (Wildman–Crippen LogP) is 2.37. The lowest BCUT2D eigenvalue weighted by molar-refractivity contribution is -0.145. The van der Waals surface area contributed by atoms with Crippen LogP contribution in [-0.4, -0.2) is 18.5 Å². The Labute approximate surface area is 103 Å². The number of esters is 1. The molecule has 0 fully saturated rings. The minimum Gasteiger partial charge on any atom is -0.466 e. The van der Waals surface area contributed by atoms with Crippen LogP contribution in [-0.2, 0) is 14.3 Å². The Morgan fingerprint density at radius 1 is 1.47 bits per heavy atom. The average molecular weight is 260 g/mol. The number of rotatable bonds is 4. The molecule has 1 rings (SSSR count). The van der Waals surface area contributed by atoms with Gasteiger partial charge in [0.1, 0.15) is 12.2 Å². The summed E-state index contributed by atoms with van der Waals surface area (Å²) in [5.74, 6) is -1.95. The zero-order chi connectivity index (χ0) is 12.8. The maximum Gasteiger partial charge on any atom is 0.315 e. The van der Waals surface area contributed by atoms with Gasteiger partial charge in [0.25, 0.3) is 0 Å². The van der Waals surface area contributed by atoms with Crippen molar-refractivity contribution in [2.45, 2.75) is 13.3 Å². The summed E-state index contributed by atoms with van der Waals surface area (Å²) in [7, 11) is 0. The Kier molecular flexibility index (Phi) is 4.90. The van der Waals surface area contributed by atoms with E-state index in [0.29, 0.717) is 0 Å². The second kappa shape index (κ2) is 6.20. The van der Waals surface area contributed by atoms with Crippen LogP contribution in [0, 0.1) is 5.82 Å². The van der Waals surface area contributed by atoms with Gasteiger partial charge in [-0.2, -0.15) is 0 Å². The third-order valence-electron chi connectivity index (χ3n) is 1.82. The number of halogens is 2. The fraction of sp³-hybridized carbons (Fsp3) is 0.273. The fourth-order valence-corrected chi connectivity index (χ4v) is 1.29. The standard InChI is InChI=1S/C11H11ClFNO3/c1-2-17-11(16)6-10(15)14-9-4-3-7(12)5-8(9)13/h3-5H,2,6H2,1H3,(H,14,15). The number of anilines is 1. The highest BCUT2D eigenvalue weighted by molar-refractivity contribution is 6.30. The molecule has 1 aromatic carbocycles. The van der Waals surface area contributed by atoms with E-state index in [-0.39, 0.29) is 17.3 Å². The first-order valence-electron chi connectivity index (χ1n) is 4.93. The van der Waals surface area contributed by atoms with Crippen molar-refractivity contribution >= 4 is 29.2 Å². The van der Waals surface area contributed by atoms with Crippen LogP contribution in [0.4, 0.5) is 10.1 Å². The number of hydrogen-bond donors (Lipinski definition) is 1. The van der Waals surface area contributed by atoms with Crippen LogP contribution in [0.2, 0.25) is 5.02 Å². The van der Waals surface area contributed by atoms with Gasteiger partial charge in [-0.05, 0) is 25.1 Å². The third-order valence-corrected chi connectivity index (χ3v) is 2.05. The molecule has 0 atom stereocenters. The number of ether oxygens (including phenoxy) is 1. The molecule has 1 N–H and O–H groups in total. The summed E-state index contributed by atoms with van der Waals surface area (Å²) in [5.41, 5.74) is -0.0244. The molecule has 0 saturated carbocycles. The fourth-order valence-electron chi connectivity index (χ4n) is 1.13. The van der Waals surface area contributed by atoms with Gasteiger partial charge in [0, 0.05) is 5.02 Å². The second-order valence-corrected chi connectivity index (χ2v) is 3.59. The summed E-state index contributed by atoms with van der Waals surface area (Å²) < 4.78 is 17.9. The van der Waals surface area contributed by atoms with Crippen molar-refractivity contribution < 1.29 is 18.7 Å². The van der Waals surface area contributed by atoms with Gasteiger partial charge >= 0.3 is 5.97 Å². The van der Waals surface area contributed by atoms with Gasteiger partial charge in [-0.15, -0.1) is 0 Å². The first-order valence-corrected chi connectivity index (χ1v) is 5.31. The molecule has 0 spiro atoms. The van der Waals surface area contributed by atoms with E-state index in [1.807, 2.05) is 0 Å². The van der Waals surface area contributed by atoms with Crippen LogP contribution < -0.4 is 5.32 Å². The summed E-state index contributed by atoms with van der Waals surface area (Å²) in [6, 6.07) is 3.83. The number of nitrogens with one attached hydrogen (secondary N) is 1. The molecule has 0 aromatic heterocycles. The Bertz CT molecular complexity index is 437. The first-order chi connectivity index (χ1) is 8.02. The molecule has 1 aromatic rings. The molecule has 17 heavy (non-hydrogen) atoms. The lowest BCUT2D eigenvalue weighted by Crippen LogP contribution is -2.18. The zero-order valence-corrected chi connectivity index (χ0v) is 9.88. The van der Waals surface area contributed by atoms with Crippen LogP contribution in [0.5, 0.6) is 0 Å². The Morgan fingerprint density at radius 3 is 2.76 bits per heavy atom. The molecule has 0 radical (unpaired) electrons. The van der Waals surface area contributed by atoms with E-state index >= 15 is 0 Å². The maximum absolute atomic E-state index is 13.3. The van der Waals surface area contributed by atoms with Crippen LogP contribution >= 0.6 is 11.6 Å². The predicted molar refractivity (Wildman–Crippen MR) is 61.3 cm³/mol. The number of carbonyl (C=O) groups is 2. The normalized spacial score (nSPS) is 9.82. The molecule has 0 heterocycles. The van der Waals surface area contributed by atoms with Gasteiger partial charge in [-0.25, -0.2) is 4.39 Å². The minimum absolute atomic E-state index is 0.0244. The molecule has 0 unspecified atom stereocenters. The smallest absolute Gasteiger partial charge is 0.315 e. The third kappa shape index (κ3) is 4.40. The molecule has 92 valence electrons. The molecule has 1 amide bonds. The molecule has 6 heteroatoms. The van der Waals surface area contributed by atoms with Crippen molar-refractivity contribution in [2.24, 2.45) is 0 Å². The number of hydrogen-bond acceptors (Lipinski definition) is 3. The van der Waals surface area contributed by atoms with Gasteiger partial charge in [-0.1, -0.05) is 11.6 Å². The molecular formula is C11H11ClFNO3.